The van der Waals surface area contributed by atoms with Crippen molar-refractivity contribution in [1.82, 2.24) is 0 Å². The summed E-state index contributed by atoms with van der Waals surface area (Å²) in [6.07, 6.45) is 0. The summed E-state index contributed by atoms with van der Waals surface area (Å²) in [5.41, 5.74) is 0.575. The van der Waals surface area contributed by atoms with Crippen LogP contribution in [0.25, 0.3) is 0 Å². The minimum atomic E-state index is -1.05. The van der Waals surface area contributed by atoms with E-state index in [4.69, 9.17) is 16.7 Å². The summed E-state index contributed by atoms with van der Waals surface area (Å²) >= 11 is 5.75. The van der Waals surface area contributed by atoms with Crippen LogP contribution in [0.5, 0.6) is 0 Å². The highest BCUT2D eigenvalue weighted by Crippen LogP contribution is 2.22. The van der Waals surface area contributed by atoms with Crippen LogP contribution in [0.15, 0.2) is 18.2 Å². The molecule has 1 aromatic carbocycles. The monoisotopic (exact) mass is 257 g/mol. The Morgan fingerprint density at radius 1 is 1.47 bits per heavy atom. The molecule has 0 amide bonds. The Kier molecular flexibility index (Phi) is 4.78. The summed E-state index contributed by atoms with van der Waals surface area (Å²) in [7, 11) is 0. The van der Waals surface area contributed by atoms with Crippen LogP contribution in [-0.2, 0) is 0 Å². The predicted molar refractivity (Wildman–Crippen MR) is 67.7 cm³/mol. The molecule has 1 rings (SSSR count). The molecule has 0 saturated heterocycles. The minimum absolute atomic E-state index is 0.0562. The molecular formula is C12H16ClNO3. The first-order valence-electron chi connectivity index (χ1n) is 5.36. The van der Waals surface area contributed by atoms with E-state index in [0.717, 1.165) is 0 Å². The zero-order valence-corrected chi connectivity index (χ0v) is 10.5. The summed E-state index contributed by atoms with van der Waals surface area (Å²) in [5, 5.41) is 21.6. The quantitative estimate of drug-likeness (QED) is 0.758. The van der Waals surface area contributed by atoms with Crippen molar-refractivity contribution in [3.63, 3.8) is 0 Å². The molecule has 0 heterocycles. The summed E-state index contributed by atoms with van der Waals surface area (Å²) in [6, 6.07) is 4.43. The van der Waals surface area contributed by atoms with E-state index in [1.807, 2.05) is 13.8 Å². The van der Waals surface area contributed by atoms with Crippen molar-refractivity contribution in [3.8, 4) is 0 Å². The molecular weight excluding hydrogens is 242 g/mol. The molecule has 94 valence electrons. The summed E-state index contributed by atoms with van der Waals surface area (Å²) in [4.78, 5) is 11.1. The van der Waals surface area contributed by atoms with Gasteiger partial charge in [0.05, 0.1) is 18.2 Å². The number of hydrogen-bond acceptors (Lipinski definition) is 3. The van der Waals surface area contributed by atoms with E-state index in [0.29, 0.717) is 10.7 Å². The maximum Gasteiger partial charge on any atom is 0.337 e. The number of carboxylic acid groups (broad SMARTS) is 1. The Labute approximate surface area is 105 Å². The molecule has 0 spiro atoms. The third kappa shape index (κ3) is 3.61. The second kappa shape index (κ2) is 5.89. The molecule has 1 atom stereocenters. The number of carbonyl (C=O) groups is 1. The van der Waals surface area contributed by atoms with Crippen molar-refractivity contribution >= 4 is 23.3 Å². The number of halogens is 1. The first-order chi connectivity index (χ1) is 7.95. The molecule has 1 aromatic rings. The summed E-state index contributed by atoms with van der Waals surface area (Å²) in [6.45, 7) is 3.84. The minimum Gasteiger partial charge on any atom is -0.478 e. The molecule has 5 heteroatoms. The smallest absolute Gasteiger partial charge is 0.337 e. The zero-order valence-electron chi connectivity index (χ0n) is 9.77. The lowest BCUT2D eigenvalue weighted by Gasteiger charge is -2.22. The van der Waals surface area contributed by atoms with Gasteiger partial charge in [-0.2, -0.15) is 0 Å². The van der Waals surface area contributed by atoms with Gasteiger partial charge in [0.2, 0.25) is 0 Å². The van der Waals surface area contributed by atoms with Crippen molar-refractivity contribution < 1.29 is 15.0 Å². The Balaban J connectivity index is 3.01. The average Bonchev–Trinajstić information content (AvgIpc) is 2.26. The number of hydrogen-bond donors (Lipinski definition) is 3. The van der Waals surface area contributed by atoms with E-state index in [2.05, 4.69) is 5.32 Å². The number of anilines is 1. The molecule has 0 bridgehead atoms. The van der Waals surface area contributed by atoms with Gasteiger partial charge >= 0.3 is 5.97 Å². The average molecular weight is 258 g/mol. The Hall–Kier alpha value is -1.26. The van der Waals surface area contributed by atoms with Gasteiger partial charge in [-0.05, 0) is 24.1 Å². The highest BCUT2D eigenvalue weighted by atomic mass is 35.5. The fraction of sp³-hybridized carbons (Fsp3) is 0.417. The standard InChI is InChI=1S/C12H16ClNO3/c1-7(2)11(6-15)14-10-4-3-8(13)5-9(10)12(16)17/h3-5,7,11,14-15H,6H2,1-2H3,(H,16,17)/t11-/m1/s1. The fourth-order valence-electron chi connectivity index (χ4n) is 1.44. The van der Waals surface area contributed by atoms with Crippen LogP contribution in [0.3, 0.4) is 0 Å². The molecule has 4 nitrogen and oxygen atoms in total. The lowest BCUT2D eigenvalue weighted by molar-refractivity contribution is 0.0697. The van der Waals surface area contributed by atoms with E-state index >= 15 is 0 Å². The molecule has 0 aliphatic heterocycles. The molecule has 0 aliphatic carbocycles. The van der Waals surface area contributed by atoms with Crippen LogP contribution < -0.4 is 5.32 Å². The van der Waals surface area contributed by atoms with Gasteiger partial charge in [0, 0.05) is 10.7 Å². The highest BCUT2D eigenvalue weighted by molar-refractivity contribution is 6.31. The Bertz CT molecular complexity index is 407. The van der Waals surface area contributed by atoms with Gasteiger partial charge < -0.3 is 15.5 Å². The van der Waals surface area contributed by atoms with Crippen molar-refractivity contribution in [2.75, 3.05) is 11.9 Å². The lowest BCUT2D eigenvalue weighted by atomic mass is 10.0. The molecule has 0 aliphatic rings. The van der Waals surface area contributed by atoms with Crippen molar-refractivity contribution in [3.05, 3.63) is 28.8 Å². The van der Waals surface area contributed by atoms with Gasteiger partial charge in [-0.3, -0.25) is 0 Å². The third-order valence-electron chi connectivity index (χ3n) is 2.55. The lowest BCUT2D eigenvalue weighted by Crippen LogP contribution is -2.30. The topological polar surface area (TPSA) is 69.6 Å². The third-order valence-corrected chi connectivity index (χ3v) is 2.79. The largest absolute Gasteiger partial charge is 0.478 e. The first kappa shape index (κ1) is 13.8. The number of aliphatic hydroxyl groups excluding tert-OH is 1. The van der Waals surface area contributed by atoms with E-state index < -0.39 is 5.97 Å². The molecule has 0 aromatic heterocycles. The van der Waals surface area contributed by atoms with Crippen LogP contribution >= 0.6 is 11.6 Å². The molecule has 3 N–H and O–H groups in total. The first-order valence-corrected chi connectivity index (χ1v) is 5.73. The van der Waals surface area contributed by atoms with Gasteiger partial charge in [0.25, 0.3) is 0 Å². The van der Waals surface area contributed by atoms with Gasteiger partial charge in [0.1, 0.15) is 0 Å². The van der Waals surface area contributed by atoms with Gasteiger partial charge in [-0.25, -0.2) is 4.79 Å². The number of aliphatic hydroxyl groups is 1. The van der Waals surface area contributed by atoms with Crippen LogP contribution in [0.4, 0.5) is 5.69 Å². The maximum atomic E-state index is 11.1. The number of nitrogens with one attached hydrogen (secondary N) is 1. The molecule has 17 heavy (non-hydrogen) atoms. The van der Waals surface area contributed by atoms with Crippen LogP contribution in [0.2, 0.25) is 5.02 Å². The molecule has 0 fully saturated rings. The second-order valence-corrected chi connectivity index (χ2v) is 4.61. The highest BCUT2D eigenvalue weighted by Gasteiger charge is 2.16. The van der Waals surface area contributed by atoms with Crippen molar-refractivity contribution in [2.45, 2.75) is 19.9 Å². The predicted octanol–water partition coefficient (Wildman–Crippen LogP) is 2.47. The number of aromatic carboxylic acids is 1. The Morgan fingerprint density at radius 2 is 2.12 bits per heavy atom. The SMILES string of the molecule is CC(C)[C@@H](CO)Nc1ccc(Cl)cc1C(=O)O. The van der Waals surface area contributed by atoms with Crippen LogP contribution in [0.1, 0.15) is 24.2 Å². The van der Waals surface area contributed by atoms with Gasteiger partial charge in [-0.1, -0.05) is 25.4 Å². The summed E-state index contributed by atoms with van der Waals surface area (Å²) in [5.74, 6) is -0.854. The van der Waals surface area contributed by atoms with Crippen molar-refractivity contribution in [1.29, 1.82) is 0 Å². The van der Waals surface area contributed by atoms with E-state index in [1.165, 1.54) is 6.07 Å². The number of carboxylic acids is 1. The van der Waals surface area contributed by atoms with E-state index in [9.17, 15) is 9.90 Å². The normalized spacial score (nSPS) is 12.5. The second-order valence-electron chi connectivity index (χ2n) is 4.17. The van der Waals surface area contributed by atoms with E-state index in [-0.39, 0.29) is 24.1 Å². The van der Waals surface area contributed by atoms with Gasteiger partial charge in [0.15, 0.2) is 0 Å². The maximum absolute atomic E-state index is 11.1. The van der Waals surface area contributed by atoms with E-state index in [1.54, 1.807) is 12.1 Å². The van der Waals surface area contributed by atoms with Crippen molar-refractivity contribution in [2.24, 2.45) is 5.92 Å². The zero-order chi connectivity index (χ0) is 13.0. The van der Waals surface area contributed by atoms with Crippen LogP contribution in [0, 0.1) is 5.92 Å². The molecule has 0 saturated carbocycles. The molecule has 0 unspecified atom stereocenters. The number of rotatable bonds is 5. The Morgan fingerprint density at radius 3 is 2.59 bits per heavy atom. The number of benzene rings is 1. The molecule has 0 radical (unpaired) electrons. The fourth-order valence-corrected chi connectivity index (χ4v) is 1.61. The van der Waals surface area contributed by atoms with Crippen LogP contribution in [-0.4, -0.2) is 28.8 Å². The van der Waals surface area contributed by atoms with Gasteiger partial charge in [-0.15, -0.1) is 0 Å². The summed E-state index contributed by atoms with van der Waals surface area (Å²) < 4.78 is 0.